The van der Waals surface area contributed by atoms with E-state index in [-0.39, 0.29) is 5.91 Å². The van der Waals surface area contributed by atoms with Gasteiger partial charge in [-0.1, -0.05) is 52.3 Å². The van der Waals surface area contributed by atoms with Gasteiger partial charge in [-0.25, -0.2) is 0 Å². The molecule has 0 aliphatic carbocycles. The average molecular weight is 375 g/mol. The van der Waals surface area contributed by atoms with E-state index in [1.807, 2.05) is 24.3 Å². The highest BCUT2D eigenvalue weighted by Gasteiger charge is 2.02. The Bertz CT molecular complexity index is 608. The molecule has 3 N–H and O–H groups in total. The van der Waals surface area contributed by atoms with Crippen LogP contribution in [0.5, 0.6) is 0 Å². The molecule has 0 heterocycles. The molecule has 1 amide bonds. The molecule has 0 aliphatic rings. The summed E-state index contributed by atoms with van der Waals surface area (Å²) in [5.41, 5.74) is 9.19. The standard InChI is InChI=1S/C19H23BrN2O/c20-18-10-8-15(9-11-18)2-1-3-19(23)22-13-12-16-4-6-17(14-21)7-5-16/h4-11H,1-3,12-14,21H2,(H,22,23). The van der Waals surface area contributed by atoms with E-state index in [0.29, 0.717) is 19.5 Å². The van der Waals surface area contributed by atoms with Crippen molar-refractivity contribution in [3.8, 4) is 0 Å². The first kappa shape index (κ1) is 17.7. The van der Waals surface area contributed by atoms with E-state index in [2.05, 4.69) is 45.5 Å². The first-order valence-corrected chi connectivity index (χ1v) is 8.75. The van der Waals surface area contributed by atoms with Crippen LogP contribution in [0.2, 0.25) is 0 Å². The number of amides is 1. The molecule has 0 radical (unpaired) electrons. The molecule has 23 heavy (non-hydrogen) atoms. The van der Waals surface area contributed by atoms with Crippen LogP contribution in [-0.4, -0.2) is 12.5 Å². The second kappa shape index (κ2) is 9.48. The van der Waals surface area contributed by atoms with Crippen LogP contribution in [0.15, 0.2) is 53.0 Å². The lowest BCUT2D eigenvalue weighted by Crippen LogP contribution is -2.25. The van der Waals surface area contributed by atoms with Crippen molar-refractivity contribution in [3.63, 3.8) is 0 Å². The first-order valence-electron chi connectivity index (χ1n) is 7.96. The number of carbonyl (C=O) groups excluding carboxylic acids is 1. The van der Waals surface area contributed by atoms with Crippen molar-refractivity contribution in [3.05, 3.63) is 69.7 Å². The molecule has 0 saturated heterocycles. The SMILES string of the molecule is NCc1ccc(CCNC(=O)CCCc2ccc(Br)cc2)cc1. The number of hydrogen-bond acceptors (Lipinski definition) is 2. The van der Waals surface area contributed by atoms with E-state index in [1.54, 1.807) is 0 Å². The highest BCUT2D eigenvalue weighted by molar-refractivity contribution is 9.10. The quantitative estimate of drug-likeness (QED) is 0.741. The van der Waals surface area contributed by atoms with Crippen LogP contribution < -0.4 is 11.1 Å². The lowest BCUT2D eigenvalue weighted by molar-refractivity contribution is -0.121. The van der Waals surface area contributed by atoms with Gasteiger partial charge in [-0.2, -0.15) is 0 Å². The molecule has 0 aromatic heterocycles. The molecule has 122 valence electrons. The zero-order valence-corrected chi connectivity index (χ0v) is 14.8. The van der Waals surface area contributed by atoms with Crippen molar-refractivity contribution >= 4 is 21.8 Å². The number of rotatable bonds is 8. The summed E-state index contributed by atoms with van der Waals surface area (Å²) in [4.78, 5) is 11.8. The van der Waals surface area contributed by atoms with Crippen molar-refractivity contribution in [1.82, 2.24) is 5.32 Å². The fraction of sp³-hybridized carbons (Fsp3) is 0.316. The van der Waals surface area contributed by atoms with Crippen molar-refractivity contribution in [2.45, 2.75) is 32.2 Å². The second-order valence-corrected chi connectivity index (χ2v) is 6.52. The first-order chi connectivity index (χ1) is 11.2. The summed E-state index contributed by atoms with van der Waals surface area (Å²) < 4.78 is 1.08. The number of hydrogen-bond donors (Lipinski definition) is 2. The monoisotopic (exact) mass is 374 g/mol. The molecular formula is C19H23BrN2O. The lowest BCUT2D eigenvalue weighted by Gasteiger charge is -2.06. The minimum atomic E-state index is 0.126. The number of benzene rings is 2. The van der Waals surface area contributed by atoms with Crippen molar-refractivity contribution in [2.24, 2.45) is 5.73 Å². The van der Waals surface area contributed by atoms with Crippen molar-refractivity contribution in [1.29, 1.82) is 0 Å². The van der Waals surface area contributed by atoms with Gasteiger partial charge in [0.15, 0.2) is 0 Å². The predicted octanol–water partition coefficient (Wildman–Crippen LogP) is 3.59. The van der Waals surface area contributed by atoms with Gasteiger partial charge in [0.25, 0.3) is 0 Å². The third-order valence-electron chi connectivity index (χ3n) is 3.78. The van der Waals surface area contributed by atoms with Gasteiger partial charge >= 0.3 is 0 Å². The molecule has 0 fully saturated rings. The Morgan fingerprint density at radius 3 is 2.13 bits per heavy atom. The summed E-state index contributed by atoms with van der Waals surface area (Å²) in [6.07, 6.45) is 3.23. The fourth-order valence-corrected chi connectivity index (χ4v) is 2.65. The Morgan fingerprint density at radius 2 is 1.48 bits per heavy atom. The van der Waals surface area contributed by atoms with Gasteiger partial charge in [-0.15, -0.1) is 0 Å². The topological polar surface area (TPSA) is 55.1 Å². The van der Waals surface area contributed by atoms with Gasteiger partial charge < -0.3 is 11.1 Å². The molecule has 0 unspecified atom stereocenters. The van der Waals surface area contributed by atoms with E-state index >= 15 is 0 Å². The van der Waals surface area contributed by atoms with Gasteiger partial charge in [0.2, 0.25) is 5.91 Å². The Kier molecular flexibility index (Phi) is 7.30. The minimum Gasteiger partial charge on any atom is -0.356 e. The van der Waals surface area contributed by atoms with Crippen molar-refractivity contribution < 1.29 is 4.79 Å². The second-order valence-electron chi connectivity index (χ2n) is 5.60. The van der Waals surface area contributed by atoms with Gasteiger partial charge in [-0.3, -0.25) is 4.79 Å². The highest BCUT2D eigenvalue weighted by Crippen LogP contribution is 2.12. The van der Waals surface area contributed by atoms with Gasteiger partial charge in [0.05, 0.1) is 0 Å². The molecular weight excluding hydrogens is 352 g/mol. The number of halogens is 1. The normalized spacial score (nSPS) is 10.5. The summed E-state index contributed by atoms with van der Waals surface area (Å²) >= 11 is 3.42. The maximum absolute atomic E-state index is 11.8. The molecule has 2 rings (SSSR count). The van der Waals surface area contributed by atoms with Crippen LogP contribution in [0, 0.1) is 0 Å². The van der Waals surface area contributed by atoms with E-state index in [9.17, 15) is 4.79 Å². The Balaban J connectivity index is 1.62. The number of nitrogens with one attached hydrogen (secondary N) is 1. The smallest absolute Gasteiger partial charge is 0.220 e. The van der Waals surface area contributed by atoms with Crippen LogP contribution >= 0.6 is 15.9 Å². The van der Waals surface area contributed by atoms with E-state index in [1.165, 1.54) is 11.1 Å². The predicted molar refractivity (Wildman–Crippen MR) is 98.1 cm³/mol. The van der Waals surface area contributed by atoms with Crippen LogP contribution in [0.1, 0.15) is 29.5 Å². The lowest BCUT2D eigenvalue weighted by atomic mass is 10.1. The Hall–Kier alpha value is -1.65. The van der Waals surface area contributed by atoms with E-state index in [0.717, 1.165) is 29.3 Å². The largest absolute Gasteiger partial charge is 0.356 e. The molecule has 2 aromatic rings. The molecule has 3 nitrogen and oxygen atoms in total. The number of carbonyl (C=O) groups is 1. The summed E-state index contributed by atoms with van der Waals surface area (Å²) in [5.74, 6) is 0.126. The molecule has 0 spiro atoms. The molecule has 0 saturated carbocycles. The number of nitrogens with two attached hydrogens (primary N) is 1. The maximum Gasteiger partial charge on any atom is 0.220 e. The fourth-order valence-electron chi connectivity index (χ4n) is 2.38. The van der Waals surface area contributed by atoms with Gasteiger partial charge in [0.1, 0.15) is 0 Å². The maximum atomic E-state index is 11.8. The van der Waals surface area contributed by atoms with Crippen LogP contribution in [0.4, 0.5) is 0 Å². The van der Waals surface area contributed by atoms with Crippen LogP contribution in [-0.2, 0) is 24.2 Å². The molecule has 0 bridgehead atoms. The summed E-state index contributed by atoms with van der Waals surface area (Å²) in [6.45, 7) is 1.24. The van der Waals surface area contributed by atoms with Crippen LogP contribution in [0.3, 0.4) is 0 Å². The van der Waals surface area contributed by atoms with E-state index in [4.69, 9.17) is 5.73 Å². The molecule has 0 aliphatic heterocycles. The molecule has 4 heteroatoms. The zero-order valence-electron chi connectivity index (χ0n) is 13.2. The summed E-state index contributed by atoms with van der Waals surface area (Å²) in [7, 11) is 0. The average Bonchev–Trinajstić information content (AvgIpc) is 2.57. The van der Waals surface area contributed by atoms with Gasteiger partial charge in [-0.05, 0) is 48.1 Å². The Morgan fingerprint density at radius 1 is 0.913 bits per heavy atom. The third-order valence-corrected chi connectivity index (χ3v) is 4.31. The highest BCUT2D eigenvalue weighted by atomic mass is 79.9. The third kappa shape index (κ3) is 6.55. The number of aryl methyl sites for hydroxylation is 1. The Labute approximate surface area is 146 Å². The summed E-state index contributed by atoms with van der Waals surface area (Å²) in [5, 5.41) is 2.98. The minimum absolute atomic E-state index is 0.126. The zero-order chi connectivity index (χ0) is 16.5. The molecule has 2 aromatic carbocycles. The van der Waals surface area contributed by atoms with Crippen LogP contribution in [0.25, 0.3) is 0 Å². The summed E-state index contributed by atoms with van der Waals surface area (Å²) in [6, 6.07) is 16.5. The molecule has 0 atom stereocenters. The van der Waals surface area contributed by atoms with E-state index < -0.39 is 0 Å². The van der Waals surface area contributed by atoms with Crippen molar-refractivity contribution in [2.75, 3.05) is 6.54 Å². The van der Waals surface area contributed by atoms with Gasteiger partial charge in [0, 0.05) is 24.0 Å².